The fourth-order valence-corrected chi connectivity index (χ4v) is 5.33. The predicted octanol–water partition coefficient (Wildman–Crippen LogP) is 0.184. The Hall–Kier alpha value is -1.93. The number of aromatic nitrogens is 2. The van der Waals surface area contributed by atoms with Gasteiger partial charge in [-0.15, -0.1) is 0 Å². The Bertz CT molecular complexity index is 828. The lowest BCUT2D eigenvalue weighted by molar-refractivity contribution is -0.144. The van der Waals surface area contributed by atoms with E-state index >= 15 is 0 Å². The van der Waals surface area contributed by atoms with Crippen LogP contribution >= 0.6 is 0 Å². The van der Waals surface area contributed by atoms with Crippen molar-refractivity contribution in [2.45, 2.75) is 50.0 Å². The molecule has 8 nitrogen and oxygen atoms in total. The van der Waals surface area contributed by atoms with Crippen LogP contribution in [0.4, 0.5) is 5.95 Å². The molecule has 2 N–H and O–H groups in total. The van der Waals surface area contributed by atoms with E-state index in [4.69, 9.17) is 9.72 Å². The summed E-state index contributed by atoms with van der Waals surface area (Å²) in [7, 11) is 0. The van der Waals surface area contributed by atoms with Gasteiger partial charge in [0.05, 0.1) is 25.0 Å². The van der Waals surface area contributed by atoms with Crippen molar-refractivity contribution in [3.63, 3.8) is 0 Å². The number of anilines is 1. The van der Waals surface area contributed by atoms with E-state index in [1.807, 2.05) is 4.90 Å². The summed E-state index contributed by atoms with van der Waals surface area (Å²) in [5, 5.41) is 9.55. The normalized spacial score (nSPS) is 32.3. The lowest BCUT2D eigenvalue weighted by atomic mass is 9.76. The second-order valence-electron chi connectivity index (χ2n) is 8.78. The number of aliphatic hydroxyl groups is 1. The predicted molar refractivity (Wildman–Crippen MR) is 102 cm³/mol. The molecule has 1 saturated carbocycles. The van der Waals surface area contributed by atoms with Gasteiger partial charge >= 0.3 is 0 Å². The SMILES string of the molecule is O=C(C1CC(O)C1)N1CCCC2(CCc3c2nc(N2CCOCC2)[nH]c3=O)C1. The largest absolute Gasteiger partial charge is 0.393 e. The third-order valence-electron chi connectivity index (χ3n) is 7.02. The Morgan fingerprint density at radius 2 is 2.00 bits per heavy atom. The Balaban J connectivity index is 1.43. The number of amides is 1. The first-order chi connectivity index (χ1) is 13.6. The van der Waals surface area contributed by atoms with Crippen LogP contribution in [0, 0.1) is 5.92 Å². The van der Waals surface area contributed by atoms with E-state index in [1.165, 1.54) is 0 Å². The standard InChI is InChI=1S/C20H28N4O4/c25-14-10-13(11-14)18(27)24-5-1-3-20(12-24)4-2-15-16(20)21-19(22-17(15)26)23-6-8-28-9-7-23/h13-14,25H,1-12H2,(H,21,22,26). The molecule has 1 atom stereocenters. The van der Waals surface area contributed by atoms with Gasteiger partial charge in [0.2, 0.25) is 11.9 Å². The van der Waals surface area contributed by atoms with Crippen LogP contribution in [0.1, 0.15) is 43.4 Å². The molecule has 8 heteroatoms. The summed E-state index contributed by atoms with van der Waals surface area (Å²) in [5.74, 6) is 0.761. The minimum Gasteiger partial charge on any atom is -0.393 e. The number of likely N-dealkylation sites (tertiary alicyclic amines) is 1. The van der Waals surface area contributed by atoms with Crippen LogP contribution in [-0.2, 0) is 21.4 Å². The first kappa shape index (κ1) is 18.1. The molecular weight excluding hydrogens is 360 g/mol. The van der Waals surface area contributed by atoms with Crippen molar-refractivity contribution >= 4 is 11.9 Å². The number of piperidine rings is 1. The average molecular weight is 388 g/mol. The maximum atomic E-state index is 12.9. The maximum absolute atomic E-state index is 12.9. The zero-order chi connectivity index (χ0) is 19.3. The minimum atomic E-state index is -0.323. The Labute approximate surface area is 163 Å². The van der Waals surface area contributed by atoms with Gasteiger partial charge in [0.15, 0.2) is 0 Å². The van der Waals surface area contributed by atoms with Crippen molar-refractivity contribution in [3.8, 4) is 0 Å². The molecule has 0 bridgehead atoms. The number of aromatic amines is 1. The number of nitrogens with zero attached hydrogens (tertiary/aromatic N) is 3. The molecular formula is C20H28N4O4. The van der Waals surface area contributed by atoms with Crippen molar-refractivity contribution < 1.29 is 14.6 Å². The number of carbonyl (C=O) groups excluding carboxylic acids is 1. The zero-order valence-corrected chi connectivity index (χ0v) is 16.2. The summed E-state index contributed by atoms with van der Waals surface area (Å²) in [6.45, 7) is 4.14. The number of nitrogens with one attached hydrogen (secondary N) is 1. The zero-order valence-electron chi connectivity index (χ0n) is 16.2. The highest BCUT2D eigenvalue weighted by Crippen LogP contribution is 2.44. The van der Waals surface area contributed by atoms with E-state index < -0.39 is 0 Å². The molecule has 1 unspecified atom stereocenters. The van der Waals surface area contributed by atoms with Crippen LogP contribution in [0.25, 0.3) is 0 Å². The third-order valence-corrected chi connectivity index (χ3v) is 7.02. The molecule has 3 heterocycles. The number of morpholine rings is 1. The van der Waals surface area contributed by atoms with Crippen molar-refractivity contribution in [1.29, 1.82) is 0 Å². The second kappa shape index (κ2) is 6.84. The smallest absolute Gasteiger partial charge is 0.255 e. The van der Waals surface area contributed by atoms with Gasteiger partial charge in [-0.2, -0.15) is 0 Å². The summed E-state index contributed by atoms with van der Waals surface area (Å²) < 4.78 is 5.42. The number of rotatable bonds is 2. The molecule has 1 amide bonds. The summed E-state index contributed by atoms with van der Waals surface area (Å²) >= 11 is 0. The highest BCUT2D eigenvalue weighted by atomic mass is 16.5. The Kier molecular flexibility index (Phi) is 4.43. The van der Waals surface area contributed by atoms with Gasteiger partial charge in [-0.1, -0.05) is 0 Å². The third kappa shape index (κ3) is 2.93. The molecule has 0 aromatic carbocycles. The first-order valence-corrected chi connectivity index (χ1v) is 10.5. The van der Waals surface area contributed by atoms with E-state index in [0.717, 1.165) is 56.6 Å². The number of fused-ring (bicyclic) bond motifs is 2. The first-order valence-electron chi connectivity index (χ1n) is 10.5. The molecule has 28 heavy (non-hydrogen) atoms. The number of ether oxygens (including phenoxy) is 1. The number of carbonyl (C=O) groups is 1. The average Bonchev–Trinajstić information content (AvgIpc) is 3.04. The molecule has 152 valence electrons. The molecule has 5 rings (SSSR count). The number of aliphatic hydroxyl groups excluding tert-OH is 1. The van der Waals surface area contributed by atoms with E-state index in [9.17, 15) is 14.7 Å². The number of hydrogen-bond donors (Lipinski definition) is 2. The summed E-state index contributed by atoms with van der Waals surface area (Å²) in [6, 6.07) is 0. The molecule has 2 saturated heterocycles. The maximum Gasteiger partial charge on any atom is 0.255 e. The Morgan fingerprint density at radius 1 is 1.21 bits per heavy atom. The molecule has 2 aliphatic carbocycles. The van der Waals surface area contributed by atoms with Crippen molar-refractivity contribution in [2.24, 2.45) is 5.92 Å². The molecule has 0 radical (unpaired) electrons. The molecule has 1 aromatic rings. The van der Waals surface area contributed by atoms with E-state index in [-0.39, 0.29) is 28.9 Å². The van der Waals surface area contributed by atoms with E-state index in [0.29, 0.717) is 38.5 Å². The van der Waals surface area contributed by atoms with Crippen molar-refractivity contribution in [3.05, 3.63) is 21.6 Å². The topological polar surface area (TPSA) is 98.8 Å². The molecule has 4 aliphatic rings. The van der Waals surface area contributed by atoms with E-state index in [2.05, 4.69) is 9.88 Å². The number of hydrogen-bond acceptors (Lipinski definition) is 6. The molecule has 3 fully saturated rings. The second-order valence-corrected chi connectivity index (χ2v) is 8.78. The van der Waals surface area contributed by atoms with Gasteiger partial charge in [-0.25, -0.2) is 4.98 Å². The monoisotopic (exact) mass is 388 g/mol. The van der Waals surface area contributed by atoms with Crippen LogP contribution < -0.4 is 10.5 Å². The Morgan fingerprint density at radius 3 is 2.75 bits per heavy atom. The summed E-state index contributed by atoms with van der Waals surface area (Å²) in [4.78, 5) is 37.6. The highest BCUT2D eigenvalue weighted by molar-refractivity contribution is 5.80. The van der Waals surface area contributed by atoms with E-state index in [1.54, 1.807) is 0 Å². The van der Waals surface area contributed by atoms with Crippen LogP contribution in [0.5, 0.6) is 0 Å². The fraction of sp³-hybridized carbons (Fsp3) is 0.750. The van der Waals surface area contributed by atoms with Gasteiger partial charge in [0.25, 0.3) is 5.56 Å². The van der Waals surface area contributed by atoms with Gasteiger partial charge in [0, 0.05) is 43.1 Å². The lowest BCUT2D eigenvalue weighted by Gasteiger charge is -2.43. The summed E-state index contributed by atoms with van der Waals surface area (Å²) in [5.41, 5.74) is 1.46. The van der Waals surface area contributed by atoms with Crippen LogP contribution in [-0.4, -0.2) is 71.4 Å². The van der Waals surface area contributed by atoms with Crippen LogP contribution in [0.2, 0.25) is 0 Å². The van der Waals surface area contributed by atoms with Crippen LogP contribution in [0.3, 0.4) is 0 Å². The number of H-pyrrole nitrogens is 1. The van der Waals surface area contributed by atoms with Gasteiger partial charge in [-0.3, -0.25) is 14.6 Å². The molecule has 1 aromatic heterocycles. The fourth-order valence-electron chi connectivity index (χ4n) is 5.33. The van der Waals surface area contributed by atoms with Crippen molar-refractivity contribution in [1.82, 2.24) is 14.9 Å². The van der Waals surface area contributed by atoms with Gasteiger partial charge in [-0.05, 0) is 38.5 Å². The lowest BCUT2D eigenvalue weighted by Crippen LogP contribution is -2.52. The summed E-state index contributed by atoms with van der Waals surface area (Å²) in [6.07, 6.45) is 4.34. The van der Waals surface area contributed by atoms with Gasteiger partial charge in [0.1, 0.15) is 0 Å². The van der Waals surface area contributed by atoms with Crippen molar-refractivity contribution in [2.75, 3.05) is 44.3 Å². The molecule has 2 aliphatic heterocycles. The minimum absolute atomic E-state index is 0.0334. The molecule has 1 spiro atoms. The van der Waals surface area contributed by atoms with Gasteiger partial charge < -0.3 is 19.6 Å². The highest BCUT2D eigenvalue weighted by Gasteiger charge is 2.47. The quantitative estimate of drug-likeness (QED) is 0.750. The van der Waals surface area contributed by atoms with Crippen LogP contribution in [0.15, 0.2) is 4.79 Å².